The van der Waals surface area contributed by atoms with Gasteiger partial charge in [0.2, 0.25) is 0 Å². The van der Waals surface area contributed by atoms with Crippen molar-refractivity contribution >= 4 is 5.69 Å². The molecule has 0 radical (unpaired) electrons. The number of hydrogen-bond donors (Lipinski definition) is 1. The molecule has 2 aromatic carbocycles. The summed E-state index contributed by atoms with van der Waals surface area (Å²) in [5.74, 6) is 1.07. The standard InChI is InChI=1S/C22H26N2O2/c1-16-13-24(15-18-5-11-21(26-4)12-6-18)14-17(2)22(16,25)19-7-9-20(23-3)10-8-19/h5-12,16-17,25H,13-15H2,1-2,4H3/t16-,17+,22?. The molecule has 0 spiro atoms. The van der Waals surface area contributed by atoms with Crippen LogP contribution < -0.4 is 4.74 Å². The summed E-state index contributed by atoms with van der Waals surface area (Å²) < 4.78 is 5.22. The van der Waals surface area contributed by atoms with Gasteiger partial charge in [0.15, 0.2) is 5.69 Å². The van der Waals surface area contributed by atoms with E-state index in [0.717, 1.165) is 30.9 Å². The average Bonchev–Trinajstić information content (AvgIpc) is 2.66. The summed E-state index contributed by atoms with van der Waals surface area (Å²) in [5.41, 5.74) is 1.90. The fourth-order valence-corrected chi connectivity index (χ4v) is 4.10. The molecule has 1 unspecified atom stereocenters. The van der Waals surface area contributed by atoms with Crippen molar-refractivity contribution in [3.8, 4) is 5.75 Å². The van der Waals surface area contributed by atoms with Crippen molar-refractivity contribution in [1.29, 1.82) is 0 Å². The second-order valence-electron chi connectivity index (χ2n) is 7.33. The Morgan fingerprint density at radius 2 is 1.65 bits per heavy atom. The lowest BCUT2D eigenvalue weighted by Gasteiger charge is -2.48. The Bertz CT molecular complexity index is 765. The molecule has 26 heavy (non-hydrogen) atoms. The quantitative estimate of drug-likeness (QED) is 0.839. The number of piperidine rings is 1. The first kappa shape index (κ1) is 18.4. The Kier molecular flexibility index (Phi) is 5.31. The maximum absolute atomic E-state index is 11.5. The van der Waals surface area contributed by atoms with Crippen LogP contribution >= 0.6 is 0 Å². The van der Waals surface area contributed by atoms with Gasteiger partial charge in [-0.05, 0) is 23.3 Å². The third-order valence-corrected chi connectivity index (χ3v) is 5.59. The van der Waals surface area contributed by atoms with Gasteiger partial charge >= 0.3 is 0 Å². The number of methoxy groups -OCH3 is 1. The smallest absolute Gasteiger partial charge is 0.187 e. The highest BCUT2D eigenvalue weighted by Gasteiger charge is 2.45. The largest absolute Gasteiger partial charge is 0.497 e. The van der Waals surface area contributed by atoms with Gasteiger partial charge in [0, 0.05) is 31.5 Å². The van der Waals surface area contributed by atoms with Crippen molar-refractivity contribution in [2.75, 3.05) is 20.2 Å². The molecule has 0 bridgehead atoms. The van der Waals surface area contributed by atoms with E-state index in [1.807, 2.05) is 24.3 Å². The van der Waals surface area contributed by atoms with Crippen LogP contribution in [0.4, 0.5) is 5.69 Å². The van der Waals surface area contributed by atoms with Gasteiger partial charge in [-0.1, -0.05) is 50.2 Å². The highest BCUT2D eigenvalue weighted by atomic mass is 16.5. The van der Waals surface area contributed by atoms with Crippen molar-refractivity contribution in [1.82, 2.24) is 4.90 Å². The van der Waals surface area contributed by atoms with Crippen molar-refractivity contribution in [3.05, 3.63) is 71.1 Å². The summed E-state index contributed by atoms with van der Waals surface area (Å²) in [7, 11) is 1.68. The molecular formula is C22H26N2O2. The Hall–Kier alpha value is -2.35. The zero-order valence-corrected chi connectivity index (χ0v) is 15.6. The minimum atomic E-state index is -0.864. The molecule has 0 aromatic heterocycles. The molecule has 4 nitrogen and oxygen atoms in total. The van der Waals surface area contributed by atoms with Crippen LogP contribution in [0.2, 0.25) is 0 Å². The van der Waals surface area contributed by atoms with E-state index < -0.39 is 5.60 Å². The second-order valence-corrected chi connectivity index (χ2v) is 7.33. The lowest BCUT2D eigenvalue weighted by molar-refractivity contribution is -0.114. The van der Waals surface area contributed by atoms with Gasteiger partial charge in [0.1, 0.15) is 5.75 Å². The topological polar surface area (TPSA) is 37.1 Å². The fourth-order valence-electron chi connectivity index (χ4n) is 4.10. The van der Waals surface area contributed by atoms with Crippen LogP contribution in [0.1, 0.15) is 25.0 Å². The van der Waals surface area contributed by atoms with Crippen LogP contribution in [0.25, 0.3) is 4.85 Å². The third kappa shape index (κ3) is 3.46. The normalized spacial score (nSPS) is 26.3. The summed E-state index contributed by atoms with van der Waals surface area (Å²) in [6.45, 7) is 13.8. The van der Waals surface area contributed by atoms with Crippen molar-refractivity contribution < 1.29 is 9.84 Å². The van der Waals surface area contributed by atoms with E-state index in [9.17, 15) is 5.11 Å². The Morgan fingerprint density at radius 1 is 1.08 bits per heavy atom. The van der Waals surface area contributed by atoms with Crippen LogP contribution in [0, 0.1) is 18.4 Å². The van der Waals surface area contributed by atoms with Crippen LogP contribution in [-0.4, -0.2) is 30.2 Å². The number of aliphatic hydroxyl groups is 1. The second kappa shape index (κ2) is 7.49. The molecule has 1 N–H and O–H groups in total. The zero-order chi connectivity index (χ0) is 18.7. The first-order chi connectivity index (χ1) is 12.5. The molecule has 1 aliphatic rings. The number of nitrogens with zero attached hydrogens (tertiary/aromatic N) is 2. The zero-order valence-electron chi connectivity index (χ0n) is 15.6. The summed E-state index contributed by atoms with van der Waals surface area (Å²) in [5, 5.41) is 11.5. The maximum atomic E-state index is 11.5. The minimum absolute atomic E-state index is 0.100. The summed E-state index contributed by atoms with van der Waals surface area (Å²) in [4.78, 5) is 5.84. The van der Waals surface area contributed by atoms with Gasteiger partial charge in [-0.25, -0.2) is 4.85 Å². The molecule has 3 rings (SSSR count). The summed E-state index contributed by atoms with van der Waals surface area (Å²) in [6, 6.07) is 15.6. The number of benzene rings is 2. The van der Waals surface area contributed by atoms with Crippen LogP contribution in [-0.2, 0) is 12.1 Å². The first-order valence-corrected chi connectivity index (χ1v) is 9.03. The molecule has 1 aliphatic heterocycles. The number of likely N-dealkylation sites (tertiary alicyclic amines) is 1. The molecule has 0 saturated carbocycles. The SMILES string of the molecule is [C-]#[N+]c1ccc(C2(O)[C@H](C)CN(Cc3ccc(OC)cc3)C[C@@H]2C)cc1. The monoisotopic (exact) mass is 350 g/mol. The number of hydrogen-bond acceptors (Lipinski definition) is 3. The van der Waals surface area contributed by atoms with E-state index in [-0.39, 0.29) is 11.8 Å². The van der Waals surface area contributed by atoms with E-state index in [1.54, 1.807) is 19.2 Å². The molecule has 0 amide bonds. The van der Waals surface area contributed by atoms with Gasteiger partial charge in [-0.2, -0.15) is 0 Å². The average molecular weight is 350 g/mol. The molecule has 3 atom stereocenters. The van der Waals surface area contributed by atoms with Gasteiger partial charge in [-0.15, -0.1) is 0 Å². The van der Waals surface area contributed by atoms with Crippen LogP contribution in [0.5, 0.6) is 5.75 Å². The van der Waals surface area contributed by atoms with Crippen molar-refractivity contribution in [2.45, 2.75) is 26.0 Å². The molecule has 1 heterocycles. The Balaban J connectivity index is 1.74. The lowest BCUT2D eigenvalue weighted by atomic mass is 9.70. The third-order valence-electron chi connectivity index (χ3n) is 5.59. The van der Waals surface area contributed by atoms with Gasteiger partial charge < -0.3 is 9.84 Å². The van der Waals surface area contributed by atoms with E-state index in [0.29, 0.717) is 5.69 Å². The minimum Gasteiger partial charge on any atom is -0.497 e. The van der Waals surface area contributed by atoms with Gasteiger partial charge in [0.05, 0.1) is 19.3 Å². The Labute approximate surface area is 155 Å². The highest BCUT2D eigenvalue weighted by Crippen LogP contribution is 2.42. The van der Waals surface area contributed by atoms with Crippen molar-refractivity contribution in [3.63, 3.8) is 0 Å². The maximum Gasteiger partial charge on any atom is 0.187 e. The lowest BCUT2D eigenvalue weighted by Crippen LogP contribution is -2.54. The molecule has 4 heteroatoms. The molecule has 1 fully saturated rings. The predicted molar refractivity (Wildman–Crippen MR) is 103 cm³/mol. The predicted octanol–water partition coefficient (Wildman–Crippen LogP) is 4.22. The van der Waals surface area contributed by atoms with Gasteiger partial charge in [-0.3, -0.25) is 4.90 Å². The number of rotatable bonds is 4. The molecule has 136 valence electrons. The summed E-state index contributed by atoms with van der Waals surface area (Å²) >= 11 is 0. The molecule has 0 aliphatic carbocycles. The Morgan fingerprint density at radius 3 is 2.15 bits per heavy atom. The molecule has 2 aromatic rings. The van der Waals surface area contributed by atoms with E-state index in [1.165, 1.54) is 5.56 Å². The molecular weight excluding hydrogens is 324 g/mol. The van der Waals surface area contributed by atoms with Gasteiger partial charge in [0.25, 0.3) is 0 Å². The number of ether oxygens (including phenoxy) is 1. The van der Waals surface area contributed by atoms with E-state index >= 15 is 0 Å². The fraction of sp³-hybridized carbons (Fsp3) is 0.409. The highest BCUT2D eigenvalue weighted by molar-refractivity contribution is 5.46. The molecule has 1 saturated heterocycles. The van der Waals surface area contributed by atoms with E-state index in [4.69, 9.17) is 11.3 Å². The van der Waals surface area contributed by atoms with Crippen LogP contribution in [0.3, 0.4) is 0 Å². The summed E-state index contributed by atoms with van der Waals surface area (Å²) in [6.07, 6.45) is 0. The van der Waals surface area contributed by atoms with Crippen molar-refractivity contribution in [2.24, 2.45) is 11.8 Å². The van der Waals surface area contributed by atoms with E-state index in [2.05, 4.69) is 35.7 Å². The first-order valence-electron chi connectivity index (χ1n) is 9.03. The van der Waals surface area contributed by atoms with Crippen LogP contribution in [0.15, 0.2) is 48.5 Å².